The zero-order chi connectivity index (χ0) is 31.0. The summed E-state index contributed by atoms with van der Waals surface area (Å²) in [6.45, 7) is 13.5. The summed E-state index contributed by atoms with van der Waals surface area (Å²) in [7, 11) is 0. The average molecular weight is 619 g/mol. The van der Waals surface area contributed by atoms with E-state index in [1.807, 2.05) is 0 Å². The van der Waals surface area contributed by atoms with E-state index < -0.39 is 0 Å². The van der Waals surface area contributed by atoms with Gasteiger partial charge in [-0.1, -0.05) is 129 Å². The van der Waals surface area contributed by atoms with E-state index in [0.29, 0.717) is 79.3 Å². The highest BCUT2D eigenvalue weighted by atomic mass is 16.6. The SMILES string of the molecule is CCCCCCCCCCCCOCCOCCOCCOCCOCCOCCOCCCCCCCCCCCC. The van der Waals surface area contributed by atoms with Crippen LogP contribution in [0.1, 0.15) is 142 Å². The summed E-state index contributed by atoms with van der Waals surface area (Å²) in [5.74, 6) is 0. The molecule has 0 aromatic carbocycles. The normalized spacial score (nSPS) is 11.6. The number of unbranched alkanes of at least 4 members (excludes halogenated alkanes) is 18. The van der Waals surface area contributed by atoms with Crippen LogP contribution in [0.3, 0.4) is 0 Å². The third-order valence-electron chi connectivity index (χ3n) is 7.52. The van der Waals surface area contributed by atoms with Crippen molar-refractivity contribution in [2.75, 3.05) is 92.5 Å². The predicted molar refractivity (Wildman–Crippen MR) is 179 cm³/mol. The Bertz CT molecular complexity index is 427. The molecule has 43 heavy (non-hydrogen) atoms. The number of ether oxygens (including phenoxy) is 7. The van der Waals surface area contributed by atoms with Gasteiger partial charge in [0.05, 0.1) is 79.3 Å². The molecular formula is C36H74O7. The summed E-state index contributed by atoms with van der Waals surface area (Å²) >= 11 is 0. The molecule has 0 radical (unpaired) electrons. The molecule has 260 valence electrons. The summed E-state index contributed by atoms with van der Waals surface area (Å²) in [4.78, 5) is 0. The Morgan fingerprint density at radius 1 is 0.186 bits per heavy atom. The second-order valence-electron chi connectivity index (χ2n) is 11.7. The van der Waals surface area contributed by atoms with Crippen LogP contribution in [-0.2, 0) is 33.2 Å². The van der Waals surface area contributed by atoms with Crippen molar-refractivity contribution in [3.8, 4) is 0 Å². The van der Waals surface area contributed by atoms with Gasteiger partial charge in [-0.15, -0.1) is 0 Å². The van der Waals surface area contributed by atoms with E-state index in [-0.39, 0.29) is 0 Å². The first-order chi connectivity index (χ1) is 21.4. The van der Waals surface area contributed by atoms with E-state index in [1.165, 1.54) is 116 Å². The molecule has 7 nitrogen and oxygen atoms in total. The standard InChI is InChI=1S/C36H74O7/c1-3-5-7-9-11-13-15-17-19-21-23-37-25-27-39-29-31-41-33-35-43-36-34-42-32-30-40-28-26-38-24-22-20-18-16-14-12-10-8-6-4-2/h3-36H2,1-2H3. The molecular weight excluding hydrogens is 544 g/mol. The first-order valence-corrected chi connectivity index (χ1v) is 18.5. The van der Waals surface area contributed by atoms with Crippen molar-refractivity contribution in [3.63, 3.8) is 0 Å². The topological polar surface area (TPSA) is 64.6 Å². The number of hydrogen-bond acceptors (Lipinski definition) is 7. The lowest BCUT2D eigenvalue weighted by Gasteiger charge is -2.08. The molecule has 7 heteroatoms. The van der Waals surface area contributed by atoms with Crippen LogP contribution in [0, 0.1) is 0 Å². The van der Waals surface area contributed by atoms with Gasteiger partial charge in [0.15, 0.2) is 0 Å². The second-order valence-corrected chi connectivity index (χ2v) is 11.7. The molecule has 0 aromatic rings. The van der Waals surface area contributed by atoms with Crippen LogP contribution in [0.5, 0.6) is 0 Å². The quantitative estimate of drug-likeness (QED) is 0.0635. The van der Waals surface area contributed by atoms with Crippen LogP contribution in [0.4, 0.5) is 0 Å². The highest BCUT2D eigenvalue weighted by Gasteiger charge is 1.97. The van der Waals surface area contributed by atoms with Gasteiger partial charge in [-0.3, -0.25) is 0 Å². The Kier molecular flexibility index (Phi) is 41.4. The lowest BCUT2D eigenvalue weighted by atomic mass is 10.1. The molecule has 0 fully saturated rings. The van der Waals surface area contributed by atoms with Gasteiger partial charge in [-0.25, -0.2) is 0 Å². The lowest BCUT2D eigenvalue weighted by Crippen LogP contribution is -2.14. The minimum absolute atomic E-state index is 0.568. The van der Waals surface area contributed by atoms with Crippen molar-refractivity contribution >= 4 is 0 Å². The van der Waals surface area contributed by atoms with Crippen molar-refractivity contribution in [1.82, 2.24) is 0 Å². The third kappa shape index (κ3) is 41.7. The van der Waals surface area contributed by atoms with Crippen molar-refractivity contribution in [1.29, 1.82) is 0 Å². The molecule has 0 aliphatic carbocycles. The maximum absolute atomic E-state index is 5.65. The van der Waals surface area contributed by atoms with Crippen molar-refractivity contribution in [2.24, 2.45) is 0 Å². The molecule has 0 spiro atoms. The van der Waals surface area contributed by atoms with Crippen LogP contribution >= 0.6 is 0 Å². The maximum Gasteiger partial charge on any atom is 0.0701 e. The fourth-order valence-electron chi connectivity index (χ4n) is 4.80. The molecule has 0 aliphatic rings. The molecule has 0 atom stereocenters. The molecule has 0 saturated carbocycles. The van der Waals surface area contributed by atoms with Gasteiger partial charge in [-0.2, -0.15) is 0 Å². The Hall–Kier alpha value is -0.280. The Labute approximate surface area is 267 Å². The van der Waals surface area contributed by atoms with Gasteiger partial charge in [-0.05, 0) is 12.8 Å². The largest absolute Gasteiger partial charge is 0.379 e. The third-order valence-corrected chi connectivity index (χ3v) is 7.52. The highest BCUT2D eigenvalue weighted by molar-refractivity contribution is 4.49. The van der Waals surface area contributed by atoms with E-state index >= 15 is 0 Å². The number of hydrogen-bond donors (Lipinski definition) is 0. The van der Waals surface area contributed by atoms with Gasteiger partial charge >= 0.3 is 0 Å². The molecule has 0 unspecified atom stereocenters. The van der Waals surface area contributed by atoms with Crippen molar-refractivity contribution < 1.29 is 33.2 Å². The summed E-state index contributed by atoms with van der Waals surface area (Å²) in [6, 6.07) is 0. The molecule has 0 rings (SSSR count). The lowest BCUT2D eigenvalue weighted by molar-refractivity contribution is -0.0206. The van der Waals surface area contributed by atoms with E-state index in [2.05, 4.69) is 13.8 Å². The van der Waals surface area contributed by atoms with Crippen LogP contribution in [-0.4, -0.2) is 92.5 Å². The Morgan fingerprint density at radius 3 is 0.558 bits per heavy atom. The monoisotopic (exact) mass is 619 g/mol. The van der Waals surface area contributed by atoms with Gasteiger partial charge in [0.25, 0.3) is 0 Å². The summed E-state index contributed by atoms with van der Waals surface area (Å²) in [5.41, 5.74) is 0. The molecule has 0 aromatic heterocycles. The second kappa shape index (κ2) is 41.7. The van der Waals surface area contributed by atoms with Crippen LogP contribution in [0.15, 0.2) is 0 Å². The highest BCUT2D eigenvalue weighted by Crippen LogP contribution is 2.11. The molecule has 0 aliphatic heterocycles. The fraction of sp³-hybridized carbons (Fsp3) is 1.00. The molecule has 0 saturated heterocycles. The van der Waals surface area contributed by atoms with Crippen molar-refractivity contribution in [3.05, 3.63) is 0 Å². The number of rotatable bonds is 40. The van der Waals surface area contributed by atoms with Gasteiger partial charge in [0.2, 0.25) is 0 Å². The van der Waals surface area contributed by atoms with Crippen LogP contribution < -0.4 is 0 Å². The minimum Gasteiger partial charge on any atom is -0.379 e. The fourth-order valence-corrected chi connectivity index (χ4v) is 4.80. The molecule has 0 amide bonds. The first kappa shape index (κ1) is 42.7. The zero-order valence-electron chi connectivity index (χ0n) is 28.9. The van der Waals surface area contributed by atoms with Crippen molar-refractivity contribution in [2.45, 2.75) is 142 Å². The maximum atomic E-state index is 5.65. The smallest absolute Gasteiger partial charge is 0.0701 e. The van der Waals surface area contributed by atoms with E-state index in [1.54, 1.807) is 0 Å². The Morgan fingerprint density at radius 2 is 0.349 bits per heavy atom. The van der Waals surface area contributed by atoms with E-state index in [0.717, 1.165) is 26.1 Å². The van der Waals surface area contributed by atoms with Crippen LogP contribution in [0.25, 0.3) is 0 Å². The zero-order valence-corrected chi connectivity index (χ0v) is 28.9. The van der Waals surface area contributed by atoms with Crippen LogP contribution in [0.2, 0.25) is 0 Å². The van der Waals surface area contributed by atoms with E-state index in [4.69, 9.17) is 33.2 Å². The summed E-state index contributed by atoms with van der Waals surface area (Å²) < 4.78 is 39.0. The minimum atomic E-state index is 0.568. The van der Waals surface area contributed by atoms with Gasteiger partial charge < -0.3 is 33.2 Å². The summed E-state index contributed by atoms with van der Waals surface area (Å²) in [5, 5.41) is 0. The van der Waals surface area contributed by atoms with Gasteiger partial charge in [0.1, 0.15) is 0 Å². The molecule has 0 heterocycles. The average Bonchev–Trinajstić information content (AvgIpc) is 3.02. The molecule has 0 bridgehead atoms. The van der Waals surface area contributed by atoms with E-state index in [9.17, 15) is 0 Å². The molecule has 0 N–H and O–H groups in total. The summed E-state index contributed by atoms with van der Waals surface area (Å²) in [6.07, 6.45) is 27.0. The Balaban J connectivity index is 3.02. The van der Waals surface area contributed by atoms with Gasteiger partial charge in [0, 0.05) is 13.2 Å². The first-order valence-electron chi connectivity index (χ1n) is 18.5. The predicted octanol–water partition coefficient (Wildman–Crippen LogP) is 8.94.